The molecule has 0 aromatic heterocycles. The summed E-state index contributed by atoms with van der Waals surface area (Å²) in [5.41, 5.74) is 2.65. The van der Waals surface area contributed by atoms with Crippen molar-refractivity contribution in [3.05, 3.63) is 0 Å². The third-order valence-electron chi connectivity index (χ3n) is 3.22. The highest BCUT2D eigenvalue weighted by atomic mass is 16.5. The van der Waals surface area contributed by atoms with E-state index in [4.69, 9.17) is 5.21 Å². The van der Waals surface area contributed by atoms with Gasteiger partial charge in [0.15, 0.2) is 0 Å². The SMILES string of the molecule is ONC12CCCC(CC1)C2. The summed E-state index contributed by atoms with van der Waals surface area (Å²) >= 11 is 0. The van der Waals surface area contributed by atoms with Crippen molar-refractivity contribution in [1.82, 2.24) is 5.48 Å². The first-order valence-corrected chi connectivity index (χ1v) is 4.26. The molecular formula is C8H15NO. The topological polar surface area (TPSA) is 32.3 Å². The standard InChI is InChI=1S/C8H15NO/c10-9-8-4-1-2-7(6-8)3-5-8/h7,9-10H,1-6H2. The highest BCUT2D eigenvalue weighted by molar-refractivity contribution is 4.97. The Labute approximate surface area is 61.6 Å². The van der Waals surface area contributed by atoms with Crippen molar-refractivity contribution in [3.8, 4) is 0 Å². The van der Waals surface area contributed by atoms with E-state index >= 15 is 0 Å². The van der Waals surface area contributed by atoms with Gasteiger partial charge in [0.1, 0.15) is 0 Å². The molecule has 2 heteroatoms. The minimum atomic E-state index is 0.142. The monoisotopic (exact) mass is 141 g/mol. The van der Waals surface area contributed by atoms with Crippen molar-refractivity contribution < 1.29 is 5.21 Å². The van der Waals surface area contributed by atoms with Gasteiger partial charge in [-0.3, -0.25) is 0 Å². The van der Waals surface area contributed by atoms with Crippen molar-refractivity contribution in [2.45, 2.75) is 44.1 Å². The lowest BCUT2D eigenvalue weighted by Gasteiger charge is -2.31. The molecule has 0 radical (unpaired) electrons. The summed E-state index contributed by atoms with van der Waals surface area (Å²) in [5, 5.41) is 8.92. The van der Waals surface area contributed by atoms with E-state index in [-0.39, 0.29) is 5.54 Å². The average Bonchev–Trinajstić information content (AvgIpc) is 2.29. The molecule has 0 aliphatic heterocycles. The molecule has 2 bridgehead atoms. The normalized spacial score (nSPS) is 45.9. The maximum absolute atomic E-state index is 8.92. The van der Waals surface area contributed by atoms with Gasteiger partial charge in [-0.2, -0.15) is 5.48 Å². The molecule has 2 unspecified atom stereocenters. The van der Waals surface area contributed by atoms with Crippen molar-refractivity contribution in [2.75, 3.05) is 0 Å². The van der Waals surface area contributed by atoms with Crippen LogP contribution in [0.4, 0.5) is 0 Å². The number of hydrogen-bond donors (Lipinski definition) is 2. The van der Waals surface area contributed by atoms with Crippen LogP contribution in [0.5, 0.6) is 0 Å². The summed E-state index contributed by atoms with van der Waals surface area (Å²) in [5.74, 6) is 0.911. The van der Waals surface area contributed by atoms with E-state index in [2.05, 4.69) is 5.48 Å². The maximum atomic E-state index is 8.92. The lowest BCUT2D eigenvalue weighted by atomic mass is 9.84. The van der Waals surface area contributed by atoms with E-state index in [1.165, 1.54) is 38.5 Å². The van der Waals surface area contributed by atoms with Crippen molar-refractivity contribution in [1.29, 1.82) is 0 Å². The highest BCUT2D eigenvalue weighted by Gasteiger charge is 2.41. The second-order valence-corrected chi connectivity index (χ2v) is 3.89. The Morgan fingerprint density at radius 2 is 2.20 bits per heavy atom. The van der Waals surface area contributed by atoms with Crippen molar-refractivity contribution in [3.63, 3.8) is 0 Å². The molecule has 2 fully saturated rings. The van der Waals surface area contributed by atoms with Crippen LogP contribution in [-0.2, 0) is 0 Å². The number of nitrogens with one attached hydrogen (secondary N) is 1. The first kappa shape index (κ1) is 6.62. The second kappa shape index (κ2) is 2.21. The highest BCUT2D eigenvalue weighted by Crippen LogP contribution is 2.44. The first-order chi connectivity index (χ1) is 4.85. The van der Waals surface area contributed by atoms with Gasteiger partial charge in [-0.1, -0.05) is 12.8 Å². The van der Waals surface area contributed by atoms with Crippen LogP contribution in [0.3, 0.4) is 0 Å². The van der Waals surface area contributed by atoms with Crippen LogP contribution in [0.2, 0.25) is 0 Å². The van der Waals surface area contributed by atoms with Gasteiger partial charge >= 0.3 is 0 Å². The minimum absolute atomic E-state index is 0.142. The van der Waals surface area contributed by atoms with Crippen LogP contribution in [0.1, 0.15) is 38.5 Å². The molecule has 0 heterocycles. The molecule has 0 amide bonds. The third kappa shape index (κ3) is 0.867. The predicted octanol–water partition coefficient (Wildman–Crippen LogP) is 1.69. The van der Waals surface area contributed by atoms with Gasteiger partial charge in [-0.25, -0.2) is 0 Å². The Bertz CT molecular complexity index is 133. The molecule has 2 atom stereocenters. The van der Waals surface area contributed by atoms with Crippen LogP contribution in [0.25, 0.3) is 0 Å². The van der Waals surface area contributed by atoms with Crippen LogP contribution >= 0.6 is 0 Å². The summed E-state index contributed by atoms with van der Waals surface area (Å²) in [6.07, 6.45) is 7.60. The van der Waals surface area contributed by atoms with E-state index < -0.39 is 0 Å². The Morgan fingerprint density at radius 1 is 1.30 bits per heavy atom. The molecule has 2 aliphatic carbocycles. The molecule has 0 saturated heterocycles. The van der Waals surface area contributed by atoms with Crippen molar-refractivity contribution >= 4 is 0 Å². The van der Waals surface area contributed by atoms with E-state index in [0.29, 0.717) is 0 Å². The van der Waals surface area contributed by atoms with Crippen LogP contribution < -0.4 is 5.48 Å². The average molecular weight is 141 g/mol. The van der Waals surface area contributed by atoms with Crippen LogP contribution in [0, 0.1) is 5.92 Å². The molecular weight excluding hydrogens is 126 g/mol. The van der Waals surface area contributed by atoms with Gasteiger partial charge in [-0.05, 0) is 31.6 Å². The Balaban J connectivity index is 2.10. The van der Waals surface area contributed by atoms with Gasteiger partial charge < -0.3 is 5.21 Å². The van der Waals surface area contributed by atoms with Gasteiger partial charge in [0.05, 0.1) is 0 Å². The predicted molar refractivity (Wildman–Crippen MR) is 38.8 cm³/mol. The molecule has 0 aromatic carbocycles. The van der Waals surface area contributed by atoms with Crippen LogP contribution in [0.15, 0.2) is 0 Å². The summed E-state index contributed by atoms with van der Waals surface area (Å²) in [6, 6.07) is 0. The smallest absolute Gasteiger partial charge is 0.0432 e. The second-order valence-electron chi connectivity index (χ2n) is 3.89. The van der Waals surface area contributed by atoms with E-state index in [1.54, 1.807) is 0 Å². The molecule has 2 nitrogen and oxygen atoms in total. The Morgan fingerprint density at radius 3 is 2.90 bits per heavy atom. The van der Waals surface area contributed by atoms with Gasteiger partial charge in [0.25, 0.3) is 0 Å². The summed E-state index contributed by atoms with van der Waals surface area (Å²) in [6.45, 7) is 0. The zero-order valence-corrected chi connectivity index (χ0v) is 6.27. The van der Waals surface area contributed by atoms with Crippen LogP contribution in [-0.4, -0.2) is 10.7 Å². The molecule has 2 saturated carbocycles. The fourth-order valence-corrected chi connectivity index (χ4v) is 2.60. The first-order valence-electron chi connectivity index (χ1n) is 4.26. The maximum Gasteiger partial charge on any atom is 0.0432 e. The molecule has 58 valence electrons. The minimum Gasteiger partial charge on any atom is -0.316 e. The quantitative estimate of drug-likeness (QED) is 0.545. The van der Waals surface area contributed by atoms with Gasteiger partial charge in [0, 0.05) is 5.54 Å². The molecule has 2 rings (SSSR count). The zero-order chi connectivity index (χ0) is 7.03. The Kier molecular flexibility index (Phi) is 1.46. The summed E-state index contributed by atoms with van der Waals surface area (Å²) in [4.78, 5) is 0. The molecule has 0 aromatic rings. The number of fused-ring (bicyclic) bond motifs is 2. The summed E-state index contributed by atoms with van der Waals surface area (Å²) < 4.78 is 0. The lowest BCUT2D eigenvalue weighted by molar-refractivity contribution is 0.0462. The summed E-state index contributed by atoms with van der Waals surface area (Å²) in [7, 11) is 0. The molecule has 2 aliphatic rings. The molecule has 0 spiro atoms. The zero-order valence-electron chi connectivity index (χ0n) is 6.27. The van der Waals surface area contributed by atoms with E-state index in [1.807, 2.05) is 0 Å². The fraction of sp³-hybridized carbons (Fsp3) is 1.00. The number of hydroxylamine groups is 1. The number of rotatable bonds is 1. The number of hydrogen-bond acceptors (Lipinski definition) is 2. The van der Waals surface area contributed by atoms with Crippen molar-refractivity contribution in [2.24, 2.45) is 5.92 Å². The molecule has 2 N–H and O–H groups in total. The molecule has 10 heavy (non-hydrogen) atoms. The van der Waals surface area contributed by atoms with E-state index in [0.717, 1.165) is 5.92 Å². The Hall–Kier alpha value is -0.0800. The fourth-order valence-electron chi connectivity index (χ4n) is 2.60. The van der Waals surface area contributed by atoms with Gasteiger partial charge in [0.2, 0.25) is 0 Å². The van der Waals surface area contributed by atoms with Gasteiger partial charge in [-0.15, -0.1) is 0 Å². The van der Waals surface area contributed by atoms with E-state index in [9.17, 15) is 0 Å². The lowest BCUT2D eigenvalue weighted by Crippen LogP contribution is -2.42. The third-order valence-corrected chi connectivity index (χ3v) is 3.22. The largest absolute Gasteiger partial charge is 0.316 e.